The first-order chi connectivity index (χ1) is 14.0. The number of aliphatic hydroxyl groups excluding tert-OH is 1. The molecule has 6 heteroatoms. The molecule has 1 unspecified atom stereocenters. The highest BCUT2D eigenvalue weighted by Gasteiger charge is 2.26. The quantitative estimate of drug-likeness (QED) is 0.392. The third-order valence-corrected chi connectivity index (χ3v) is 5.19. The number of nitro groups is 1. The maximum Gasteiger partial charge on any atom is 0.270 e. The van der Waals surface area contributed by atoms with Gasteiger partial charge in [0.15, 0.2) is 0 Å². The highest BCUT2D eigenvalue weighted by atomic mass is 16.6. The Morgan fingerprint density at radius 1 is 1.03 bits per heavy atom. The number of nitro benzene ring substituents is 1. The molecule has 0 saturated heterocycles. The minimum absolute atomic E-state index is 0.0126. The van der Waals surface area contributed by atoms with E-state index in [1.54, 1.807) is 25.3 Å². The average molecular weight is 388 g/mol. The normalized spacial score (nSPS) is 12.1. The van der Waals surface area contributed by atoms with Crippen LogP contribution in [0.25, 0.3) is 22.0 Å². The molecule has 1 heterocycles. The molecule has 0 aliphatic rings. The Hall–Kier alpha value is -3.64. The summed E-state index contributed by atoms with van der Waals surface area (Å²) in [5, 5.41) is 23.4. The molecule has 0 aliphatic heterocycles. The molecule has 4 aromatic rings. The second-order valence-corrected chi connectivity index (χ2v) is 6.79. The predicted octanol–water partition coefficient (Wildman–Crippen LogP) is 4.84. The number of rotatable bonds is 5. The van der Waals surface area contributed by atoms with Crippen molar-refractivity contribution in [2.75, 3.05) is 7.11 Å². The van der Waals surface area contributed by atoms with E-state index in [-0.39, 0.29) is 5.69 Å². The van der Waals surface area contributed by atoms with Crippen molar-refractivity contribution in [2.24, 2.45) is 7.05 Å². The molecule has 0 amide bonds. The standard InChI is InChI=1S/C23H20N2O4/c1-24-19-13-12-16(25(27)28)14-18(19)21(15-8-4-3-5-9-15)22(24)23(26)17-10-6-7-11-20(17)29-2/h3-14,23,26H,1-2H3. The van der Waals surface area contributed by atoms with Crippen LogP contribution in [0, 0.1) is 10.1 Å². The van der Waals surface area contributed by atoms with E-state index in [9.17, 15) is 15.2 Å². The van der Waals surface area contributed by atoms with Crippen molar-refractivity contribution in [3.63, 3.8) is 0 Å². The number of non-ortho nitro benzene ring substituents is 1. The summed E-state index contributed by atoms with van der Waals surface area (Å²) >= 11 is 0. The van der Waals surface area contributed by atoms with Crippen LogP contribution < -0.4 is 4.74 Å². The van der Waals surface area contributed by atoms with E-state index >= 15 is 0 Å². The number of nitrogens with zero attached hydrogens (tertiary/aromatic N) is 2. The van der Waals surface area contributed by atoms with Crippen molar-refractivity contribution in [2.45, 2.75) is 6.10 Å². The van der Waals surface area contributed by atoms with Crippen molar-refractivity contribution in [1.82, 2.24) is 4.57 Å². The number of hydrogen-bond donors (Lipinski definition) is 1. The number of aliphatic hydroxyl groups is 1. The zero-order valence-corrected chi connectivity index (χ0v) is 16.1. The molecule has 0 bridgehead atoms. The van der Waals surface area contributed by atoms with Gasteiger partial charge in [-0.2, -0.15) is 0 Å². The van der Waals surface area contributed by atoms with Gasteiger partial charge in [-0.25, -0.2) is 0 Å². The topological polar surface area (TPSA) is 77.5 Å². The number of methoxy groups -OCH3 is 1. The molecule has 1 N–H and O–H groups in total. The Labute approximate surface area is 167 Å². The van der Waals surface area contributed by atoms with Crippen LogP contribution in [0.5, 0.6) is 5.75 Å². The summed E-state index contributed by atoms with van der Waals surface area (Å²) < 4.78 is 7.33. The van der Waals surface area contributed by atoms with E-state index in [4.69, 9.17) is 4.74 Å². The summed E-state index contributed by atoms with van der Waals surface area (Å²) in [6.07, 6.45) is -0.974. The van der Waals surface area contributed by atoms with Gasteiger partial charge in [0.05, 0.1) is 17.7 Å². The Morgan fingerprint density at radius 2 is 1.72 bits per heavy atom. The largest absolute Gasteiger partial charge is 0.496 e. The van der Waals surface area contributed by atoms with E-state index in [1.807, 2.05) is 60.1 Å². The molecule has 1 aromatic heterocycles. The van der Waals surface area contributed by atoms with Crippen molar-refractivity contribution < 1.29 is 14.8 Å². The lowest BCUT2D eigenvalue weighted by Crippen LogP contribution is -2.08. The summed E-state index contributed by atoms with van der Waals surface area (Å²) in [6.45, 7) is 0. The third kappa shape index (κ3) is 3.13. The fourth-order valence-corrected chi connectivity index (χ4v) is 3.83. The number of aryl methyl sites for hydroxylation is 1. The molecular weight excluding hydrogens is 368 g/mol. The molecule has 0 radical (unpaired) electrons. The van der Waals surface area contributed by atoms with Crippen molar-refractivity contribution in [3.05, 3.63) is 94.2 Å². The lowest BCUT2D eigenvalue weighted by molar-refractivity contribution is -0.384. The first-order valence-corrected chi connectivity index (χ1v) is 9.16. The lowest BCUT2D eigenvalue weighted by Gasteiger charge is -2.18. The third-order valence-electron chi connectivity index (χ3n) is 5.19. The SMILES string of the molecule is COc1ccccc1C(O)c1c(-c2ccccc2)c2cc([N+](=O)[O-])ccc2n1C. The van der Waals surface area contributed by atoms with Gasteiger partial charge in [0, 0.05) is 41.2 Å². The molecule has 0 saturated carbocycles. The van der Waals surface area contributed by atoms with Gasteiger partial charge in [0.1, 0.15) is 11.9 Å². The average Bonchev–Trinajstić information content (AvgIpc) is 3.05. The van der Waals surface area contributed by atoms with Crippen LogP contribution in [0.2, 0.25) is 0 Å². The van der Waals surface area contributed by atoms with E-state index in [0.29, 0.717) is 17.0 Å². The van der Waals surface area contributed by atoms with Gasteiger partial charge in [-0.3, -0.25) is 10.1 Å². The van der Waals surface area contributed by atoms with Crippen LogP contribution in [0.15, 0.2) is 72.8 Å². The number of para-hydroxylation sites is 1. The monoisotopic (exact) mass is 388 g/mol. The maximum atomic E-state index is 11.4. The van der Waals surface area contributed by atoms with Gasteiger partial charge < -0.3 is 14.4 Å². The highest BCUT2D eigenvalue weighted by molar-refractivity contribution is 5.99. The van der Waals surface area contributed by atoms with Crippen LogP contribution in [0.1, 0.15) is 17.4 Å². The van der Waals surface area contributed by atoms with Crippen LogP contribution in [-0.2, 0) is 7.05 Å². The second-order valence-electron chi connectivity index (χ2n) is 6.79. The van der Waals surface area contributed by atoms with Crippen LogP contribution >= 0.6 is 0 Å². The molecule has 6 nitrogen and oxygen atoms in total. The first kappa shape index (κ1) is 18.7. The predicted molar refractivity (Wildman–Crippen MR) is 112 cm³/mol. The fraction of sp³-hybridized carbons (Fsp3) is 0.130. The van der Waals surface area contributed by atoms with Gasteiger partial charge in [0.25, 0.3) is 5.69 Å². The summed E-state index contributed by atoms with van der Waals surface area (Å²) in [5.74, 6) is 0.579. The Balaban J connectivity index is 2.05. The van der Waals surface area contributed by atoms with Crippen LogP contribution in [-0.4, -0.2) is 21.7 Å². The van der Waals surface area contributed by atoms with E-state index < -0.39 is 11.0 Å². The molecule has 0 aliphatic carbocycles. The maximum absolute atomic E-state index is 11.4. The Kier molecular flexibility index (Phi) is 4.78. The second kappa shape index (κ2) is 7.41. The molecule has 1 atom stereocenters. The van der Waals surface area contributed by atoms with Crippen LogP contribution in [0.3, 0.4) is 0 Å². The number of fused-ring (bicyclic) bond motifs is 1. The molecule has 4 rings (SSSR count). The lowest BCUT2D eigenvalue weighted by atomic mass is 9.96. The van der Waals surface area contributed by atoms with E-state index in [1.165, 1.54) is 6.07 Å². The minimum Gasteiger partial charge on any atom is -0.496 e. The first-order valence-electron chi connectivity index (χ1n) is 9.16. The summed E-state index contributed by atoms with van der Waals surface area (Å²) in [4.78, 5) is 11.0. The van der Waals surface area contributed by atoms with E-state index in [0.717, 1.165) is 22.0 Å². The number of aromatic nitrogens is 1. The fourth-order valence-electron chi connectivity index (χ4n) is 3.83. The van der Waals surface area contributed by atoms with Gasteiger partial charge in [0.2, 0.25) is 0 Å². The van der Waals surface area contributed by atoms with Crippen molar-refractivity contribution in [1.29, 1.82) is 0 Å². The van der Waals surface area contributed by atoms with Gasteiger partial charge in [-0.1, -0.05) is 48.5 Å². The minimum atomic E-state index is -0.974. The van der Waals surface area contributed by atoms with Crippen molar-refractivity contribution in [3.8, 4) is 16.9 Å². The summed E-state index contributed by atoms with van der Waals surface area (Å²) in [5.41, 5.74) is 3.74. The number of benzene rings is 3. The number of ether oxygens (including phenoxy) is 1. The van der Waals surface area contributed by atoms with Gasteiger partial charge in [-0.15, -0.1) is 0 Å². The summed E-state index contributed by atoms with van der Waals surface area (Å²) in [6, 6.07) is 21.7. The molecule has 0 fully saturated rings. The summed E-state index contributed by atoms with van der Waals surface area (Å²) in [7, 11) is 3.42. The highest BCUT2D eigenvalue weighted by Crippen LogP contribution is 2.42. The van der Waals surface area contributed by atoms with Gasteiger partial charge in [-0.05, 0) is 17.7 Å². The van der Waals surface area contributed by atoms with Crippen molar-refractivity contribution >= 4 is 16.6 Å². The zero-order chi connectivity index (χ0) is 20.5. The zero-order valence-electron chi connectivity index (χ0n) is 16.1. The molecule has 0 spiro atoms. The molecule has 146 valence electrons. The number of hydrogen-bond acceptors (Lipinski definition) is 4. The molecule has 3 aromatic carbocycles. The molecule has 29 heavy (non-hydrogen) atoms. The van der Waals surface area contributed by atoms with E-state index in [2.05, 4.69) is 0 Å². The Bertz CT molecular complexity index is 1200. The molecular formula is C23H20N2O4. The smallest absolute Gasteiger partial charge is 0.270 e. The van der Waals surface area contributed by atoms with Crippen LogP contribution in [0.4, 0.5) is 5.69 Å². The Morgan fingerprint density at radius 3 is 2.41 bits per heavy atom. The van der Waals surface area contributed by atoms with Gasteiger partial charge >= 0.3 is 0 Å².